The second-order valence-corrected chi connectivity index (χ2v) is 5.11. The Kier molecular flexibility index (Phi) is 5.36. The van der Waals surface area contributed by atoms with Gasteiger partial charge in [-0.3, -0.25) is 4.79 Å². The molecule has 7 heteroatoms. The van der Waals surface area contributed by atoms with Gasteiger partial charge in [-0.1, -0.05) is 36.2 Å². The SMILES string of the molecule is CCCC(=O)Nc1ccc(Nc2cccc(Cl)c2Cl)nn1. The van der Waals surface area contributed by atoms with Gasteiger partial charge in [-0.25, -0.2) is 0 Å². The van der Waals surface area contributed by atoms with Crippen LogP contribution < -0.4 is 10.6 Å². The Morgan fingerprint density at radius 3 is 2.52 bits per heavy atom. The Bertz CT molecular complexity index is 631. The summed E-state index contributed by atoms with van der Waals surface area (Å²) in [6.07, 6.45) is 1.24. The maximum atomic E-state index is 11.4. The Morgan fingerprint density at radius 2 is 1.86 bits per heavy atom. The van der Waals surface area contributed by atoms with Gasteiger partial charge in [0.25, 0.3) is 0 Å². The van der Waals surface area contributed by atoms with Crippen LogP contribution in [0.4, 0.5) is 17.3 Å². The fraction of sp³-hybridized carbons (Fsp3) is 0.214. The molecule has 0 saturated carbocycles. The van der Waals surface area contributed by atoms with E-state index in [0.29, 0.717) is 33.8 Å². The van der Waals surface area contributed by atoms with Gasteiger partial charge in [0.15, 0.2) is 11.6 Å². The lowest BCUT2D eigenvalue weighted by Gasteiger charge is -2.08. The first-order valence-corrected chi connectivity index (χ1v) is 7.20. The topological polar surface area (TPSA) is 66.9 Å². The van der Waals surface area contributed by atoms with E-state index in [1.54, 1.807) is 30.3 Å². The molecule has 1 aromatic heterocycles. The maximum absolute atomic E-state index is 11.4. The lowest BCUT2D eigenvalue weighted by Crippen LogP contribution is -2.12. The van der Waals surface area contributed by atoms with E-state index in [4.69, 9.17) is 23.2 Å². The maximum Gasteiger partial charge on any atom is 0.225 e. The van der Waals surface area contributed by atoms with E-state index in [9.17, 15) is 4.79 Å². The molecule has 21 heavy (non-hydrogen) atoms. The normalized spacial score (nSPS) is 10.2. The number of nitrogens with one attached hydrogen (secondary N) is 2. The smallest absolute Gasteiger partial charge is 0.225 e. The minimum absolute atomic E-state index is 0.0783. The van der Waals surface area contributed by atoms with Crippen molar-refractivity contribution in [3.8, 4) is 0 Å². The molecule has 2 aromatic rings. The Labute approximate surface area is 132 Å². The first-order chi connectivity index (χ1) is 10.1. The summed E-state index contributed by atoms with van der Waals surface area (Å²) in [5.41, 5.74) is 0.640. The molecule has 0 aliphatic heterocycles. The minimum Gasteiger partial charge on any atom is -0.337 e. The van der Waals surface area contributed by atoms with Crippen molar-refractivity contribution < 1.29 is 4.79 Å². The number of carbonyl (C=O) groups excluding carboxylic acids is 1. The van der Waals surface area contributed by atoms with Crippen molar-refractivity contribution in [2.45, 2.75) is 19.8 Å². The Hall–Kier alpha value is -1.85. The zero-order chi connectivity index (χ0) is 15.2. The molecule has 0 spiro atoms. The Morgan fingerprint density at radius 1 is 1.14 bits per heavy atom. The number of benzene rings is 1. The number of hydrogen-bond donors (Lipinski definition) is 2. The van der Waals surface area contributed by atoms with Gasteiger partial charge in [0.1, 0.15) is 0 Å². The third kappa shape index (κ3) is 4.31. The fourth-order valence-corrected chi connectivity index (χ4v) is 1.98. The van der Waals surface area contributed by atoms with Gasteiger partial charge in [0.05, 0.1) is 15.7 Å². The van der Waals surface area contributed by atoms with Gasteiger partial charge in [-0.05, 0) is 30.7 Å². The molecule has 0 saturated heterocycles. The van der Waals surface area contributed by atoms with Crippen LogP contribution in [-0.2, 0) is 4.79 Å². The molecule has 1 heterocycles. The average Bonchev–Trinajstić information content (AvgIpc) is 2.46. The molecule has 0 unspecified atom stereocenters. The highest BCUT2D eigenvalue weighted by molar-refractivity contribution is 6.43. The molecule has 5 nitrogen and oxygen atoms in total. The molecule has 2 rings (SSSR count). The predicted molar refractivity (Wildman–Crippen MR) is 85.3 cm³/mol. The van der Waals surface area contributed by atoms with Gasteiger partial charge in [0, 0.05) is 6.42 Å². The van der Waals surface area contributed by atoms with Crippen molar-refractivity contribution in [2.24, 2.45) is 0 Å². The molecular formula is C14H14Cl2N4O. The fourth-order valence-electron chi connectivity index (χ4n) is 1.64. The molecule has 0 aliphatic rings. The Balaban J connectivity index is 2.05. The van der Waals surface area contributed by atoms with Crippen molar-refractivity contribution in [2.75, 3.05) is 10.6 Å². The first kappa shape index (κ1) is 15.5. The predicted octanol–water partition coefficient (Wildman–Crippen LogP) is 4.27. The largest absolute Gasteiger partial charge is 0.337 e. The van der Waals surface area contributed by atoms with Crippen LogP contribution >= 0.6 is 23.2 Å². The van der Waals surface area contributed by atoms with Crippen molar-refractivity contribution in [3.63, 3.8) is 0 Å². The number of amides is 1. The van der Waals surface area contributed by atoms with E-state index in [0.717, 1.165) is 6.42 Å². The lowest BCUT2D eigenvalue weighted by molar-refractivity contribution is -0.116. The number of rotatable bonds is 5. The zero-order valence-corrected chi connectivity index (χ0v) is 12.9. The van der Waals surface area contributed by atoms with Crippen LogP contribution in [0, 0.1) is 0 Å². The summed E-state index contributed by atoms with van der Waals surface area (Å²) in [6.45, 7) is 1.94. The number of carbonyl (C=O) groups is 1. The quantitative estimate of drug-likeness (QED) is 0.862. The molecule has 0 atom stereocenters. The van der Waals surface area contributed by atoms with Gasteiger partial charge in [-0.2, -0.15) is 0 Å². The second kappa shape index (κ2) is 7.24. The third-order valence-electron chi connectivity index (χ3n) is 2.62. The average molecular weight is 325 g/mol. The third-order valence-corrected chi connectivity index (χ3v) is 3.44. The van der Waals surface area contributed by atoms with Crippen LogP contribution in [0.25, 0.3) is 0 Å². The molecule has 2 N–H and O–H groups in total. The lowest BCUT2D eigenvalue weighted by atomic mass is 10.3. The monoisotopic (exact) mass is 324 g/mol. The number of anilines is 3. The molecule has 0 radical (unpaired) electrons. The van der Waals surface area contributed by atoms with E-state index in [-0.39, 0.29) is 5.91 Å². The molecule has 1 amide bonds. The van der Waals surface area contributed by atoms with Crippen LogP contribution in [0.5, 0.6) is 0 Å². The minimum atomic E-state index is -0.0783. The van der Waals surface area contributed by atoms with E-state index in [1.807, 2.05) is 6.92 Å². The van der Waals surface area contributed by atoms with Gasteiger partial charge < -0.3 is 10.6 Å². The van der Waals surface area contributed by atoms with E-state index < -0.39 is 0 Å². The molecule has 0 fully saturated rings. The van der Waals surface area contributed by atoms with E-state index in [2.05, 4.69) is 20.8 Å². The number of hydrogen-bond acceptors (Lipinski definition) is 4. The summed E-state index contributed by atoms with van der Waals surface area (Å²) < 4.78 is 0. The summed E-state index contributed by atoms with van der Waals surface area (Å²) in [6, 6.07) is 8.64. The number of aromatic nitrogens is 2. The molecule has 0 bridgehead atoms. The summed E-state index contributed by atoms with van der Waals surface area (Å²) in [5.74, 6) is 0.842. The first-order valence-electron chi connectivity index (χ1n) is 6.44. The second-order valence-electron chi connectivity index (χ2n) is 4.33. The van der Waals surface area contributed by atoms with E-state index in [1.165, 1.54) is 0 Å². The summed E-state index contributed by atoms with van der Waals surface area (Å²) in [7, 11) is 0. The van der Waals surface area contributed by atoms with Crippen molar-refractivity contribution >= 4 is 46.4 Å². The molecular weight excluding hydrogens is 311 g/mol. The van der Waals surface area contributed by atoms with Crippen molar-refractivity contribution in [1.29, 1.82) is 0 Å². The standard InChI is InChI=1S/C14H14Cl2N4O/c1-2-4-13(21)18-12-8-7-11(19-20-12)17-10-6-3-5-9(15)14(10)16/h3,5-8H,2,4H2,1H3,(H,17,19)(H,18,20,21). The van der Waals surface area contributed by atoms with Crippen LogP contribution in [0.3, 0.4) is 0 Å². The van der Waals surface area contributed by atoms with Gasteiger partial charge in [0.2, 0.25) is 5.91 Å². The van der Waals surface area contributed by atoms with Crippen LogP contribution in [0.15, 0.2) is 30.3 Å². The van der Waals surface area contributed by atoms with Gasteiger partial charge >= 0.3 is 0 Å². The van der Waals surface area contributed by atoms with Crippen LogP contribution in [-0.4, -0.2) is 16.1 Å². The number of halogens is 2. The molecule has 0 aliphatic carbocycles. The summed E-state index contributed by atoms with van der Waals surface area (Å²) in [4.78, 5) is 11.4. The van der Waals surface area contributed by atoms with Crippen LogP contribution in [0.1, 0.15) is 19.8 Å². The summed E-state index contributed by atoms with van der Waals surface area (Å²) >= 11 is 12.0. The van der Waals surface area contributed by atoms with Crippen LogP contribution in [0.2, 0.25) is 10.0 Å². The molecule has 110 valence electrons. The summed E-state index contributed by atoms with van der Waals surface area (Å²) in [5, 5.41) is 14.5. The van der Waals surface area contributed by atoms with Gasteiger partial charge in [-0.15, -0.1) is 10.2 Å². The van der Waals surface area contributed by atoms with Crippen molar-refractivity contribution in [3.05, 3.63) is 40.4 Å². The molecule has 1 aromatic carbocycles. The van der Waals surface area contributed by atoms with Crippen molar-refractivity contribution in [1.82, 2.24) is 10.2 Å². The number of nitrogens with zero attached hydrogens (tertiary/aromatic N) is 2. The zero-order valence-electron chi connectivity index (χ0n) is 11.4. The highest BCUT2D eigenvalue weighted by atomic mass is 35.5. The highest BCUT2D eigenvalue weighted by Crippen LogP contribution is 2.31. The highest BCUT2D eigenvalue weighted by Gasteiger charge is 2.06. The van der Waals surface area contributed by atoms with E-state index >= 15 is 0 Å².